The first-order valence-corrected chi connectivity index (χ1v) is 6.01. The maximum absolute atomic E-state index is 11.1. The Morgan fingerprint density at radius 1 is 1.44 bits per heavy atom. The van der Waals surface area contributed by atoms with Gasteiger partial charge in [-0.25, -0.2) is 4.68 Å². The van der Waals surface area contributed by atoms with E-state index in [1.54, 1.807) is 4.68 Å². The van der Waals surface area contributed by atoms with Gasteiger partial charge in [-0.15, -0.1) is 5.10 Å². The van der Waals surface area contributed by atoms with Crippen LogP contribution in [0.25, 0.3) is 11.0 Å². The van der Waals surface area contributed by atoms with Gasteiger partial charge in [-0.1, -0.05) is 17.3 Å². The predicted molar refractivity (Wildman–Crippen MR) is 64.9 cm³/mol. The minimum absolute atomic E-state index is 0.395. The van der Waals surface area contributed by atoms with Gasteiger partial charge in [-0.05, 0) is 25.0 Å². The third-order valence-electron chi connectivity index (χ3n) is 3.38. The van der Waals surface area contributed by atoms with E-state index in [4.69, 9.17) is 5.11 Å². The molecule has 0 unspecified atom stereocenters. The molecule has 0 spiro atoms. The van der Waals surface area contributed by atoms with Crippen molar-refractivity contribution in [1.82, 2.24) is 19.9 Å². The smallest absolute Gasteiger partial charge is 0.320 e. The van der Waals surface area contributed by atoms with Gasteiger partial charge in [0.2, 0.25) is 0 Å². The van der Waals surface area contributed by atoms with Gasteiger partial charge in [0.25, 0.3) is 0 Å². The standard InChI is InChI=1S/C12H14N4O2/c17-12(18)11-6-3-7-15(11)8-16-10-5-2-1-4-9(10)13-14-16/h1-2,4-5,11H,3,6-8H2,(H,17,18)/t11-/m0/s1. The summed E-state index contributed by atoms with van der Waals surface area (Å²) < 4.78 is 1.76. The minimum atomic E-state index is -0.753. The molecule has 94 valence electrons. The molecule has 18 heavy (non-hydrogen) atoms. The summed E-state index contributed by atoms with van der Waals surface area (Å²) in [7, 11) is 0. The molecule has 0 bridgehead atoms. The monoisotopic (exact) mass is 246 g/mol. The first-order chi connectivity index (χ1) is 8.75. The van der Waals surface area contributed by atoms with Crippen LogP contribution >= 0.6 is 0 Å². The molecule has 1 atom stereocenters. The quantitative estimate of drug-likeness (QED) is 0.872. The Morgan fingerprint density at radius 3 is 3.11 bits per heavy atom. The number of hydrogen-bond donors (Lipinski definition) is 1. The maximum atomic E-state index is 11.1. The van der Waals surface area contributed by atoms with E-state index in [-0.39, 0.29) is 0 Å². The second kappa shape index (κ2) is 4.38. The Labute approximate surface area is 104 Å². The first-order valence-electron chi connectivity index (χ1n) is 6.01. The second-order valence-electron chi connectivity index (χ2n) is 4.53. The van der Waals surface area contributed by atoms with E-state index in [9.17, 15) is 4.79 Å². The number of fused-ring (bicyclic) bond motifs is 1. The van der Waals surface area contributed by atoms with Crippen molar-refractivity contribution in [2.24, 2.45) is 0 Å². The Bertz CT molecular complexity index is 580. The summed E-state index contributed by atoms with van der Waals surface area (Å²) in [5, 5.41) is 17.3. The van der Waals surface area contributed by atoms with Crippen LogP contribution in [-0.4, -0.2) is 43.6 Å². The molecule has 0 radical (unpaired) electrons. The van der Waals surface area contributed by atoms with E-state index in [2.05, 4.69) is 10.3 Å². The van der Waals surface area contributed by atoms with Crippen molar-refractivity contribution >= 4 is 17.0 Å². The number of nitrogens with zero attached hydrogens (tertiary/aromatic N) is 4. The van der Waals surface area contributed by atoms with Crippen LogP contribution in [0, 0.1) is 0 Å². The lowest BCUT2D eigenvalue weighted by molar-refractivity contribution is -0.142. The zero-order valence-corrected chi connectivity index (χ0v) is 9.86. The third-order valence-corrected chi connectivity index (χ3v) is 3.38. The lowest BCUT2D eigenvalue weighted by Crippen LogP contribution is -2.37. The number of aromatic nitrogens is 3. The Morgan fingerprint density at radius 2 is 2.28 bits per heavy atom. The highest BCUT2D eigenvalue weighted by molar-refractivity contribution is 5.74. The molecule has 0 saturated carbocycles. The van der Waals surface area contributed by atoms with Crippen molar-refractivity contribution in [3.05, 3.63) is 24.3 Å². The summed E-state index contributed by atoms with van der Waals surface area (Å²) in [6.07, 6.45) is 1.63. The highest BCUT2D eigenvalue weighted by atomic mass is 16.4. The fourth-order valence-corrected chi connectivity index (χ4v) is 2.47. The van der Waals surface area contributed by atoms with Gasteiger partial charge in [0.05, 0.1) is 12.2 Å². The van der Waals surface area contributed by atoms with E-state index < -0.39 is 12.0 Å². The molecule has 1 fully saturated rings. The van der Waals surface area contributed by atoms with E-state index in [1.807, 2.05) is 29.2 Å². The number of likely N-dealkylation sites (tertiary alicyclic amines) is 1. The summed E-state index contributed by atoms with van der Waals surface area (Å²) in [5.41, 5.74) is 1.78. The average Bonchev–Trinajstić information content (AvgIpc) is 2.97. The summed E-state index contributed by atoms with van der Waals surface area (Å²) >= 11 is 0. The molecule has 1 saturated heterocycles. The van der Waals surface area contributed by atoms with E-state index >= 15 is 0 Å². The average molecular weight is 246 g/mol. The largest absolute Gasteiger partial charge is 0.480 e. The molecule has 0 amide bonds. The van der Waals surface area contributed by atoms with Gasteiger partial charge >= 0.3 is 5.97 Å². The van der Waals surface area contributed by atoms with Gasteiger partial charge in [0.1, 0.15) is 11.6 Å². The van der Waals surface area contributed by atoms with Crippen LogP contribution in [-0.2, 0) is 11.5 Å². The molecule has 2 heterocycles. The van der Waals surface area contributed by atoms with Gasteiger partial charge in [0, 0.05) is 6.54 Å². The van der Waals surface area contributed by atoms with Gasteiger partial charge in [-0.2, -0.15) is 0 Å². The lowest BCUT2D eigenvalue weighted by atomic mass is 10.2. The summed E-state index contributed by atoms with van der Waals surface area (Å²) in [6, 6.07) is 7.30. The molecule has 1 aliphatic rings. The van der Waals surface area contributed by atoms with Crippen molar-refractivity contribution in [3.63, 3.8) is 0 Å². The lowest BCUT2D eigenvalue weighted by Gasteiger charge is -2.20. The summed E-state index contributed by atoms with van der Waals surface area (Å²) in [6.45, 7) is 1.28. The van der Waals surface area contributed by atoms with Crippen LogP contribution in [0.3, 0.4) is 0 Å². The van der Waals surface area contributed by atoms with Crippen LogP contribution in [0.5, 0.6) is 0 Å². The fourth-order valence-electron chi connectivity index (χ4n) is 2.47. The maximum Gasteiger partial charge on any atom is 0.320 e. The Kier molecular flexibility index (Phi) is 2.71. The van der Waals surface area contributed by atoms with Crippen LogP contribution < -0.4 is 0 Å². The summed E-state index contributed by atoms with van der Waals surface area (Å²) in [4.78, 5) is 13.1. The number of para-hydroxylation sites is 1. The fraction of sp³-hybridized carbons (Fsp3) is 0.417. The van der Waals surface area contributed by atoms with Gasteiger partial charge in [-0.3, -0.25) is 9.69 Å². The molecule has 3 rings (SSSR count). The zero-order valence-electron chi connectivity index (χ0n) is 9.86. The second-order valence-corrected chi connectivity index (χ2v) is 4.53. The van der Waals surface area contributed by atoms with E-state index in [0.29, 0.717) is 13.1 Å². The normalized spacial score (nSPS) is 20.6. The topological polar surface area (TPSA) is 71.2 Å². The molecule has 6 heteroatoms. The van der Waals surface area contributed by atoms with Crippen molar-refractivity contribution in [1.29, 1.82) is 0 Å². The van der Waals surface area contributed by atoms with Crippen LogP contribution in [0.15, 0.2) is 24.3 Å². The highest BCUT2D eigenvalue weighted by Crippen LogP contribution is 2.19. The number of carboxylic acids is 1. The van der Waals surface area contributed by atoms with E-state index in [1.165, 1.54) is 0 Å². The molecular formula is C12H14N4O2. The van der Waals surface area contributed by atoms with Crippen LogP contribution in [0.2, 0.25) is 0 Å². The molecule has 1 aromatic heterocycles. The predicted octanol–water partition coefficient (Wildman–Crippen LogP) is 0.938. The number of benzene rings is 1. The number of hydrogen-bond acceptors (Lipinski definition) is 4. The van der Waals surface area contributed by atoms with Crippen molar-refractivity contribution in [2.45, 2.75) is 25.6 Å². The Balaban J connectivity index is 1.86. The summed E-state index contributed by atoms with van der Waals surface area (Å²) in [5.74, 6) is -0.753. The van der Waals surface area contributed by atoms with Crippen molar-refractivity contribution in [3.8, 4) is 0 Å². The van der Waals surface area contributed by atoms with Crippen molar-refractivity contribution in [2.75, 3.05) is 6.54 Å². The van der Waals surface area contributed by atoms with Gasteiger partial charge in [0.15, 0.2) is 0 Å². The van der Waals surface area contributed by atoms with Crippen molar-refractivity contribution < 1.29 is 9.90 Å². The minimum Gasteiger partial charge on any atom is -0.480 e. The molecule has 0 aliphatic carbocycles. The van der Waals surface area contributed by atoms with Gasteiger partial charge < -0.3 is 5.11 Å². The Hall–Kier alpha value is -1.95. The number of carboxylic acid groups (broad SMARTS) is 1. The molecule has 1 aliphatic heterocycles. The molecule has 2 aromatic rings. The van der Waals surface area contributed by atoms with Crippen LogP contribution in [0.4, 0.5) is 0 Å². The molecule has 6 nitrogen and oxygen atoms in total. The first kappa shape index (κ1) is 11.2. The molecule has 1 aromatic carbocycles. The van der Waals surface area contributed by atoms with Crippen LogP contribution in [0.1, 0.15) is 12.8 Å². The SMILES string of the molecule is O=C(O)[C@@H]1CCCN1Cn1nnc2ccccc21. The zero-order chi connectivity index (χ0) is 12.5. The third kappa shape index (κ3) is 1.84. The highest BCUT2D eigenvalue weighted by Gasteiger charge is 2.30. The molecule has 1 N–H and O–H groups in total. The van der Waals surface area contributed by atoms with E-state index in [0.717, 1.165) is 24.0 Å². The molecular weight excluding hydrogens is 232 g/mol. The number of aliphatic carboxylic acids is 1. The number of rotatable bonds is 3. The number of carbonyl (C=O) groups is 1.